The molecule has 0 atom stereocenters. The van der Waals surface area contributed by atoms with Crippen LogP contribution in [0.15, 0.2) is 78.9 Å². The fourth-order valence-corrected chi connectivity index (χ4v) is 3.97. The Hall–Kier alpha value is -2.97. The predicted octanol–water partition coefficient (Wildman–Crippen LogP) is 7.50. The molecule has 0 aromatic heterocycles. The Morgan fingerprint density at radius 3 is 2.00 bits per heavy atom. The predicted molar refractivity (Wildman–Crippen MR) is 126 cm³/mol. The SMILES string of the molecule is CCCCCc1ccc2c(F)c(-c3ccc(-c4ccc(CN)cc4)cc3)ccc2c1. The Kier molecular flexibility index (Phi) is 6.25. The van der Waals surface area contributed by atoms with Crippen molar-refractivity contribution in [1.82, 2.24) is 0 Å². The van der Waals surface area contributed by atoms with E-state index in [1.54, 1.807) is 0 Å². The molecule has 1 nitrogen and oxygen atoms in total. The van der Waals surface area contributed by atoms with Crippen LogP contribution in [-0.4, -0.2) is 0 Å². The van der Waals surface area contributed by atoms with Crippen molar-refractivity contribution < 1.29 is 4.39 Å². The summed E-state index contributed by atoms with van der Waals surface area (Å²) in [7, 11) is 0. The van der Waals surface area contributed by atoms with Crippen molar-refractivity contribution in [3.8, 4) is 22.3 Å². The molecule has 0 aliphatic heterocycles. The number of unbranched alkanes of at least 4 members (excludes halogenated alkanes) is 2. The lowest BCUT2D eigenvalue weighted by molar-refractivity contribution is 0.643. The van der Waals surface area contributed by atoms with Gasteiger partial charge in [0.1, 0.15) is 5.82 Å². The second-order valence-corrected chi connectivity index (χ2v) is 7.92. The van der Waals surface area contributed by atoms with Gasteiger partial charge in [-0.15, -0.1) is 0 Å². The van der Waals surface area contributed by atoms with E-state index in [1.807, 2.05) is 54.6 Å². The zero-order chi connectivity index (χ0) is 20.9. The lowest BCUT2D eigenvalue weighted by Gasteiger charge is -2.10. The Bertz CT molecular complexity index is 1130. The fourth-order valence-electron chi connectivity index (χ4n) is 3.97. The maximum atomic E-state index is 15.3. The van der Waals surface area contributed by atoms with Gasteiger partial charge in [0.05, 0.1) is 0 Å². The number of fused-ring (bicyclic) bond motifs is 1. The van der Waals surface area contributed by atoms with Gasteiger partial charge in [-0.1, -0.05) is 98.6 Å². The van der Waals surface area contributed by atoms with Gasteiger partial charge in [0.15, 0.2) is 0 Å². The first kappa shape index (κ1) is 20.3. The molecule has 0 fully saturated rings. The summed E-state index contributed by atoms with van der Waals surface area (Å²) in [5.41, 5.74) is 11.9. The number of halogens is 1. The molecule has 0 saturated carbocycles. The van der Waals surface area contributed by atoms with E-state index < -0.39 is 0 Å². The topological polar surface area (TPSA) is 26.0 Å². The highest BCUT2D eigenvalue weighted by Crippen LogP contribution is 2.31. The van der Waals surface area contributed by atoms with Crippen molar-refractivity contribution in [2.75, 3.05) is 0 Å². The lowest BCUT2D eigenvalue weighted by atomic mass is 9.96. The van der Waals surface area contributed by atoms with Gasteiger partial charge in [-0.05, 0) is 46.0 Å². The third kappa shape index (κ3) is 4.29. The molecule has 4 rings (SSSR count). The van der Waals surface area contributed by atoms with Crippen LogP contribution in [0.1, 0.15) is 37.3 Å². The molecule has 0 bridgehead atoms. The van der Waals surface area contributed by atoms with Crippen LogP contribution < -0.4 is 5.73 Å². The summed E-state index contributed by atoms with van der Waals surface area (Å²) >= 11 is 0. The minimum Gasteiger partial charge on any atom is -0.326 e. The van der Waals surface area contributed by atoms with Crippen LogP contribution in [0.2, 0.25) is 0 Å². The van der Waals surface area contributed by atoms with Crippen molar-refractivity contribution in [2.24, 2.45) is 5.73 Å². The van der Waals surface area contributed by atoms with Gasteiger partial charge in [0.25, 0.3) is 0 Å². The summed E-state index contributed by atoms with van der Waals surface area (Å²) in [6.45, 7) is 2.75. The molecule has 152 valence electrons. The molecule has 0 saturated heterocycles. The quantitative estimate of drug-likeness (QED) is 0.321. The molecule has 0 aliphatic rings. The van der Waals surface area contributed by atoms with Crippen molar-refractivity contribution in [1.29, 1.82) is 0 Å². The number of hydrogen-bond acceptors (Lipinski definition) is 1. The van der Waals surface area contributed by atoms with E-state index in [-0.39, 0.29) is 5.82 Å². The first-order valence-corrected chi connectivity index (χ1v) is 10.8. The van der Waals surface area contributed by atoms with Crippen LogP contribution in [0.3, 0.4) is 0 Å². The first-order valence-electron chi connectivity index (χ1n) is 10.8. The number of nitrogens with two attached hydrogens (primary N) is 1. The highest BCUT2D eigenvalue weighted by atomic mass is 19.1. The molecule has 2 N–H and O–H groups in total. The van der Waals surface area contributed by atoms with E-state index in [1.165, 1.54) is 24.8 Å². The third-order valence-corrected chi connectivity index (χ3v) is 5.81. The Morgan fingerprint density at radius 2 is 1.33 bits per heavy atom. The summed E-state index contributed by atoms with van der Waals surface area (Å²) in [5, 5.41) is 1.66. The van der Waals surface area contributed by atoms with Gasteiger partial charge >= 0.3 is 0 Å². The number of rotatable bonds is 7. The smallest absolute Gasteiger partial charge is 0.138 e. The number of hydrogen-bond donors (Lipinski definition) is 1. The fraction of sp³-hybridized carbons (Fsp3) is 0.214. The molecule has 0 radical (unpaired) electrons. The second-order valence-electron chi connectivity index (χ2n) is 7.92. The summed E-state index contributed by atoms with van der Waals surface area (Å²) in [5.74, 6) is -0.146. The van der Waals surface area contributed by atoms with Crippen molar-refractivity contribution in [3.63, 3.8) is 0 Å². The molecule has 30 heavy (non-hydrogen) atoms. The Labute approximate surface area is 178 Å². The monoisotopic (exact) mass is 397 g/mol. The minimum absolute atomic E-state index is 0.146. The van der Waals surface area contributed by atoms with Gasteiger partial charge in [-0.25, -0.2) is 4.39 Å². The van der Waals surface area contributed by atoms with Crippen LogP contribution in [0.5, 0.6) is 0 Å². The van der Waals surface area contributed by atoms with E-state index in [0.717, 1.165) is 34.1 Å². The summed E-state index contributed by atoms with van der Waals surface area (Å²) in [4.78, 5) is 0. The van der Waals surface area contributed by atoms with Gasteiger partial charge in [-0.2, -0.15) is 0 Å². The molecule has 2 heteroatoms. The van der Waals surface area contributed by atoms with E-state index in [9.17, 15) is 0 Å². The molecular weight excluding hydrogens is 369 g/mol. The van der Waals surface area contributed by atoms with Crippen LogP contribution in [-0.2, 0) is 13.0 Å². The minimum atomic E-state index is -0.146. The Morgan fingerprint density at radius 1 is 0.700 bits per heavy atom. The zero-order valence-electron chi connectivity index (χ0n) is 17.5. The largest absolute Gasteiger partial charge is 0.326 e. The molecular formula is C28H28FN. The average Bonchev–Trinajstić information content (AvgIpc) is 2.80. The molecule has 0 unspecified atom stereocenters. The Balaban J connectivity index is 1.60. The maximum Gasteiger partial charge on any atom is 0.138 e. The van der Waals surface area contributed by atoms with Crippen LogP contribution in [0, 0.1) is 5.82 Å². The van der Waals surface area contributed by atoms with Crippen molar-refractivity contribution in [3.05, 3.63) is 95.8 Å². The number of aryl methyl sites for hydroxylation is 1. The average molecular weight is 398 g/mol. The van der Waals surface area contributed by atoms with Crippen LogP contribution in [0.4, 0.5) is 4.39 Å². The van der Waals surface area contributed by atoms with Crippen LogP contribution in [0.25, 0.3) is 33.0 Å². The molecule has 4 aromatic carbocycles. The maximum absolute atomic E-state index is 15.3. The standard InChI is InChI=1S/C28H28FN/c1-2-3-4-5-20-8-16-27-25(18-20)15-17-26(28(27)29)24-13-11-23(12-14-24)22-9-6-21(19-30)7-10-22/h6-18H,2-5,19,30H2,1H3. The second kappa shape index (κ2) is 9.23. The van der Waals surface area contributed by atoms with E-state index >= 15 is 4.39 Å². The highest BCUT2D eigenvalue weighted by Gasteiger charge is 2.10. The van der Waals surface area contributed by atoms with Crippen molar-refractivity contribution in [2.45, 2.75) is 39.2 Å². The first-order chi connectivity index (χ1) is 14.7. The van der Waals surface area contributed by atoms with Gasteiger partial charge in [0, 0.05) is 17.5 Å². The highest BCUT2D eigenvalue weighted by molar-refractivity contribution is 5.89. The molecule has 0 heterocycles. The lowest BCUT2D eigenvalue weighted by Crippen LogP contribution is -1.95. The molecule has 0 amide bonds. The zero-order valence-corrected chi connectivity index (χ0v) is 17.5. The summed E-state index contributed by atoms with van der Waals surface area (Å²) < 4.78 is 15.3. The molecule has 0 aliphatic carbocycles. The van der Waals surface area contributed by atoms with E-state index in [0.29, 0.717) is 17.5 Å². The third-order valence-electron chi connectivity index (χ3n) is 5.81. The van der Waals surface area contributed by atoms with Gasteiger partial charge in [0.2, 0.25) is 0 Å². The summed E-state index contributed by atoms with van der Waals surface area (Å²) in [6.07, 6.45) is 4.69. The van der Waals surface area contributed by atoms with Crippen LogP contribution >= 0.6 is 0 Å². The van der Waals surface area contributed by atoms with E-state index in [2.05, 4.69) is 31.2 Å². The normalized spacial score (nSPS) is 11.2. The van der Waals surface area contributed by atoms with Gasteiger partial charge in [-0.3, -0.25) is 0 Å². The van der Waals surface area contributed by atoms with Gasteiger partial charge < -0.3 is 5.73 Å². The number of benzene rings is 4. The summed E-state index contributed by atoms with van der Waals surface area (Å²) in [6, 6.07) is 26.4. The molecule has 0 spiro atoms. The van der Waals surface area contributed by atoms with E-state index in [4.69, 9.17) is 5.73 Å². The van der Waals surface area contributed by atoms with Crippen molar-refractivity contribution >= 4 is 10.8 Å². The molecule has 4 aromatic rings.